The fourth-order valence-electron chi connectivity index (χ4n) is 3.89. The Balaban J connectivity index is 1.53. The van der Waals surface area contributed by atoms with Crippen LogP contribution < -0.4 is 15.6 Å². The maximum Gasteiger partial charge on any atom is 0.341 e. The molecule has 2 N–H and O–H groups in total. The highest BCUT2D eigenvalue weighted by Gasteiger charge is 2.35. The van der Waals surface area contributed by atoms with Crippen molar-refractivity contribution in [3.8, 4) is 5.13 Å². The van der Waals surface area contributed by atoms with Gasteiger partial charge in [0.2, 0.25) is 10.6 Å². The number of nitrogens with zero attached hydrogens (tertiary/aromatic N) is 5. The molecule has 0 bridgehead atoms. The molecule has 0 spiro atoms. The number of Topliss-reactive ketones (excluding diaryl/α,β-unsaturated/α-hetero) is 1. The van der Waals surface area contributed by atoms with Crippen LogP contribution in [0, 0.1) is 12.8 Å². The number of carbonyl (C=O) groups is 2. The number of carboxylic acids is 1. The topological polar surface area (TPSA) is 130 Å². The Morgan fingerprint density at radius 3 is 2.78 bits per heavy atom. The molecular formula is C21H18N6O4S. The molecule has 0 saturated carbocycles. The zero-order valence-corrected chi connectivity index (χ0v) is 17.8. The molecular weight excluding hydrogens is 432 g/mol. The number of fused-ring (bicyclic) bond motifs is 1. The largest absolute Gasteiger partial charge is 0.477 e. The smallest absolute Gasteiger partial charge is 0.341 e. The molecule has 10 nitrogen and oxygen atoms in total. The number of anilines is 1. The normalized spacial score (nSPS) is 15.9. The second kappa shape index (κ2) is 7.68. The Kier molecular flexibility index (Phi) is 4.82. The highest BCUT2D eigenvalue weighted by molar-refractivity contribution is 7.08. The lowest BCUT2D eigenvalue weighted by Gasteiger charge is -2.40. The highest BCUT2D eigenvalue weighted by atomic mass is 32.1. The molecule has 0 radical (unpaired) electrons. The molecule has 2 aliphatic rings. The van der Waals surface area contributed by atoms with Gasteiger partial charge in [0.05, 0.1) is 17.0 Å². The van der Waals surface area contributed by atoms with Crippen LogP contribution in [0.25, 0.3) is 16.2 Å². The number of hydrogen-bond acceptors (Lipinski definition) is 9. The van der Waals surface area contributed by atoms with Crippen molar-refractivity contribution < 1.29 is 14.7 Å². The number of ketones is 1. The number of rotatable bonds is 5. The number of allylic oxidation sites excluding steroid dienone is 3. The lowest BCUT2D eigenvalue weighted by Crippen LogP contribution is -2.52. The Morgan fingerprint density at radius 2 is 2.12 bits per heavy atom. The van der Waals surface area contributed by atoms with Gasteiger partial charge >= 0.3 is 5.97 Å². The average molecular weight is 450 g/mol. The van der Waals surface area contributed by atoms with Gasteiger partial charge in [-0.3, -0.25) is 14.2 Å². The molecule has 3 aromatic rings. The number of aromatic nitrogens is 4. The van der Waals surface area contributed by atoms with Crippen molar-refractivity contribution in [2.24, 2.45) is 5.92 Å². The van der Waals surface area contributed by atoms with Crippen LogP contribution in [0.2, 0.25) is 0 Å². The minimum atomic E-state index is -1.32. The molecule has 5 rings (SSSR count). The minimum Gasteiger partial charge on any atom is -0.477 e. The molecule has 1 saturated heterocycles. The summed E-state index contributed by atoms with van der Waals surface area (Å²) in [6, 6.07) is 1.75. The monoisotopic (exact) mass is 450 g/mol. The van der Waals surface area contributed by atoms with Crippen LogP contribution >= 0.6 is 11.5 Å². The lowest BCUT2D eigenvalue weighted by molar-refractivity contribution is -0.120. The second-order valence-corrected chi connectivity index (χ2v) is 8.38. The summed E-state index contributed by atoms with van der Waals surface area (Å²) in [5, 5.41) is 13.2. The van der Waals surface area contributed by atoms with Crippen molar-refractivity contribution in [1.29, 1.82) is 0 Å². The van der Waals surface area contributed by atoms with E-state index in [1.54, 1.807) is 19.1 Å². The van der Waals surface area contributed by atoms with Gasteiger partial charge in [-0.25, -0.2) is 14.8 Å². The maximum absolute atomic E-state index is 12.8. The number of carbonyl (C=O) groups excluding carboxylic acids is 1. The predicted molar refractivity (Wildman–Crippen MR) is 118 cm³/mol. The van der Waals surface area contributed by atoms with E-state index in [0.29, 0.717) is 47.5 Å². The minimum absolute atomic E-state index is 0.0694. The van der Waals surface area contributed by atoms with E-state index in [1.165, 1.54) is 17.1 Å². The van der Waals surface area contributed by atoms with E-state index >= 15 is 0 Å². The number of nitrogens with one attached hydrogen (secondary N) is 1. The number of hydrogen-bond donors (Lipinski definition) is 2. The van der Waals surface area contributed by atoms with Gasteiger partial charge in [0.15, 0.2) is 11.4 Å². The highest BCUT2D eigenvalue weighted by Crippen LogP contribution is 2.29. The summed E-state index contributed by atoms with van der Waals surface area (Å²) in [6.45, 7) is 3.41. The summed E-state index contributed by atoms with van der Waals surface area (Å²) >= 11 is 1.07. The molecule has 32 heavy (non-hydrogen) atoms. The number of aryl methyl sites for hydroxylation is 1. The summed E-state index contributed by atoms with van der Waals surface area (Å²) in [5.41, 5.74) is 0.578. The summed E-state index contributed by atoms with van der Waals surface area (Å²) in [6.07, 6.45) is 8.19. The van der Waals surface area contributed by atoms with Crippen LogP contribution in [-0.4, -0.2) is 55.4 Å². The molecule has 162 valence electrons. The van der Waals surface area contributed by atoms with Crippen LogP contribution in [0.3, 0.4) is 0 Å². The standard InChI is InChI=1S/C21H18N6O4S/c1-11-6-15(26-7-12(8-26)17(28)14-4-2-3-5-22-14)25-19-16(11)18(29)13(20(30)31)9-27(19)21-23-10-24-32-21/h2-4,6,9-10,12,22H,5,7-8H2,1H3,(H,30,31). The molecule has 1 fully saturated rings. The van der Waals surface area contributed by atoms with Crippen molar-refractivity contribution in [1.82, 2.24) is 24.2 Å². The molecule has 0 aliphatic carbocycles. The zero-order valence-electron chi connectivity index (χ0n) is 17.0. The van der Waals surface area contributed by atoms with E-state index in [4.69, 9.17) is 0 Å². The van der Waals surface area contributed by atoms with Gasteiger partial charge in [-0.1, -0.05) is 12.2 Å². The summed E-state index contributed by atoms with van der Waals surface area (Å²) in [4.78, 5) is 47.9. The third-order valence-corrected chi connectivity index (χ3v) is 6.24. The van der Waals surface area contributed by atoms with E-state index in [1.807, 2.05) is 17.1 Å². The fraction of sp³-hybridized carbons (Fsp3) is 0.238. The van der Waals surface area contributed by atoms with Crippen LogP contribution in [0.1, 0.15) is 15.9 Å². The van der Waals surface area contributed by atoms with Gasteiger partial charge in [-0.2, -0.15) is 4.37 Å². The Bertz CT molecular complexity index is 1370. The van der Waals surface area contributed by atoms with Gasteiger partial charge in [-0.15, -0.1) is 0 Å². The molecule has 11 heteroatoms. The van der Waals surface area contributed by atoms with E-state index in [2.05, 4.69) is 19.7 Å². The second-order valence-electron chi connectivity index (χ2n) is 7.62. The van der Waals surface area contributed by atoms with Crippen molar-refractivity contribution in [3.05, 3.63) is 63.9 Å². The van der Waals surface area contributed by atoms with Crippen molar-refractivity contribution in [3.63, 3.8) is 0 Å². The summed E-state index contributed by atoms with van der Waals surface area (Å²) in [5.74, 6) is -0.772. The fourth-order valence-corrected chi connectivity index (χ4v) is 4.40. The number of dihydropyridines is 1. The SMILES string of the molecule is Cc1cc(N2CC(C(=O)C3=CC=CCN3)C2)nc2c1c(=O)c(C(=O)O)cn2-c1ncns1. The van der Waals surface area contributed by atoms with Gasteiger partial charge < -0.3 is 15.3 Å². The van der Waals surface area contributed by atoms with Gasteiger partial charge in [0.1, 0.15) is 17.7 Å². The van der Waals surface area contributed by atoms with Crippen molar-refractivity contribution >= 4 is 40.1 Å². The van der Waals surface area contributed by atoms with Gasteiger partial charge in [0, 0.05) is 37.4 Å². The Hall–Kier alpha value is -3.86. The van der Waals surface area contributed by atoms with Crippen LogP contribution in [0.5, 0.6) is 0 Å². The third kappa shape index (κ3) is 3.26. The molecule has 2 aliphatic heterocycles. The molecule has 0 amide bonds. The van der Waals surface area contributed by atoms with Crippen LogP contribution in [0.4, 0.5) is 5.82 Å². The first-order valence-corrected chi connectivity index (χ1v) is 10.7. The van der Waals surface area contributed by atoms with E-state index in [9.17, 15) is 19.5 Å². The number of carboxylic acid groups (broad SMARTS) is 1. The third-order valence-electron chi connectivity index (χ3n) is 5.58. The number of pyridine rings is 2. The van der Waals surface area contributed by atoms with Gasteiger partial charge in [0.25, 0.3) is 0 Å². The molecule has 0 aromatic carbocycles. The van der Waals surface area contributed by atoms with Crippen molar-refractivity contribution in [2.75, 3.05) is 24.5 Å². The Morgan fingerprint density at radius 1 is 1.31 bits per heavy atom. The Labute approximate surface area is 185 Å². The summed E-state index contributed by atoms with van der Waals surface area (Å²) < 4.78 is 5.46. The van der Waals surface area contributed by atoms with E-state index in [0.717, 1.165) is 11.5 Å². The van der Waals surface area contributed by atoms with Gasteiger partial charge in [-0.05, 0) is 24.6 Å². The molecule has 0 unspecified atom stereocenters. The average Bonchev–Trinajstić information content (AvgIpc) is 3.27. The summed E-state index contributed by atoms with van der Waals surface area (Å²) in [7, 11) is 0. The number of aromatic carboxylic acids is 1. The van der Waals surface area contributed by atoms with Crippen molar-refractivity contribution in [2.45, 2.75) is 6.92 Å². The molecule has 5 heterocycles. The van der Waals surface area contributed by atoms with E-state index < -0.39 is 11.4 Å². The lowest BCUT2D eigenvalue weighted by atomic mass is 9.92. The first-order chi connectivity index (χ1) is 15.4. The molecule has 3 aromatic heterocycles. The predicted octanol–water partition coefficient (Wildman–Crippen LogP) is 1.29. The first kappa shape index (κ1) is 20.1. The molecule has 0 atom stereocenters. The zero-order chi connectivity index (χ0) is 22.4. The first-order valence-electron chi connectivity index (χ1n) is 9.91. The van der Waals surface area contributed by atoms with Crippen LogP contribution in [-0.2, 0) is 4.79 Å². The maximum atomic E-state index is 12.8. The van der Waals surface area contributed by atoms with Crippen LogP contribution in [0.15, 0.2) is 47.3 Å². The van der Waals surface area contributed by atoms with E-state index in [-0.39, 0.29) is 22.7 Å². The quantitative estimate of drug-likeness (QED) is 0.590.